The molecule has 0 radical (unpaired) electrons. The number of hydrogen-bond acceptors (Lipinski definition) is 0. The third kappa shape index (κ3) is 2.29. The summed E-state index contributed by atoms with van der Waals surface area (Å²) in [6.45, 7) is 0. The van der Waals surface area contributed by atoms with Crippen LogP contribution in [0.2, 0.25) is 0 Å². The quantitative estimate of drug-likeness (QED) is 0.632. The van der Waals surface area contributed by atoms with Crippen molar-refractivity contribution >= 4 is 38.9 Å². The summed E-state index contributed by atoms with van der Waals surface area (Å²) in [4.78, 5) is 0. The molecule has 1 aliphatic carbocycles. The zero-order valence-electron chi connectivity index (χ0n) is 9.49. The third-order valence-corrected chi connectivity index (χ3v) is 3.86. The average molecular weight is 332 g/mol. The zero-order valence-corrected chi connectivity index (χ0v) is 11.6. The second-order valence-electron chi connectivity index (χ2n) is 4.36. The molecule has 2 aromatic carbocycles. The van der Waals surface area contributed by atoms with E-state index in [1.807, 2.05) is 0 Å². The molecular weight excluding hydrogens is 319 g/mol. The Balaban J connectivity index is 2.10. The Labute approximate surface area is 115 Å². The molecular formula is C16H13I. The average Bonchev–Trinajstić information content (AvgIpc) is 2.39. The summed E-state index contributed by atoms with van der Waals surface area (Å²) < 4.78 is 1.29. The standard InChI is InChI=1S/C16H13I/c17-16-9-8-14-10-13(6-7-15(14)11-16)12-4-2-1-3-5-12/h1-2,4,6-11H,3,5H2. The molecule has 84 valence electrons. The first-order chi connectivity index (χ1) is 8.33. The molecule has 0 amide bonds. The van der Waals surface area contributed by atoms with Crippen molar-refractivity contribution in [3.8, 4) is 0 Å². The maximum atomic E-state index is 2.36. The lowest BCUT2D eigenvalue weighted by Gasteiger charge is -2.10. The Bertz CT molecular complexity index is 620. The molecule has 0 bridgehead atoms. The number of halogens is 1. The van der Waals surface area contributed by atoms with Gasteiger partial charge in [-0.05, 0) is 75.5 Å². The molecule has 2 aromatic rings. The van der Waals surface area contributed by atoms with Gasteiger partial charge in [0.25, 0.3) is 0 Å². The van der Waals surface area contributed by atoms with Crippen LogP contribution < -0.4 is 0 Å². The smallest absolute Gasteiger partial charge is 0.0136 e. The first-order valence-electron chi connectivity index (χ1n) is 5.88. The van der Waals surface area contributed by atoms with Gasteiger partial charge in [0.15, 0.2) is 0 Å². The lowest BCUT2D eigenvalue weighted by molar-refractivity contribution is 1.05. The van der Waals surface area contributed by atoms with Crippen molar-refractivity contribution in [2.75, 3.05) is 0 Å². The second kappa shape index (κ2) is 4.65. The summed E-state index contributed by atoms with van der Waals surface area (Å²) >= 11 is 2.36. The number of benzene rings is 2. The lowest BCUT2D eigenvalue weighted by atomic mass is 9.95. The first-order valence-corrected chi connectivity index (χ1v) is 6.96. The highest BCUT2D eigenvalue weighted by atomic mass is 127. The van der Waals surface area contributed by atoms with E-state index in [2.05, 4.69) is 77.2 Å². The topological polar surface area (TPSA) is 0 Å². The first kappa shape index (κ1) is 11.0. The molecule has 1 heteroatoms. The molecule has 1 aliphatic rings. The predicted molar refractivity (Wildman–Crippen MR) is 83.0 cm³/mol. The van der Waals surface area contributed by atoms with Crippen molar-refractivity contribution in [3.05, 3.63) is 63.8 Å². The highest BCUT2D eigenvalue weighted by molar-refractivity contribution is 14.1. The fourth-order valence-corrected chi connectivity index (χ4v) is 2.77. The van der Waals surface area contributed by atoms with Crippen molar-refractivity contribution in [3.63, 3.8) is 0 Å². The van der Waals surface area contributed by atoms with E-state index >= 15 is 0 Å². The number of fused-ring (bicyclic) bond motifs is 1. The van der Waals surface area contributed by atoms with Crippen LogP contribution in [-0.4, -0.2) is 0 Å². The molecule has 0 atom stereocenters. The minimum Gasteiger partial charge on any atom is -0.0842 e. The molecule has 0 heterocycles. The third-order valence-electron chi connectivity index (χ3n) is 3.19. The summed E-state index contributed by atoms with van der Waals surface area (Å²) in [5.41, 5.74) is 2.82. The Morgan fingerprint density at radius 2 is 1.76 bits per heavy atom. The van der Waals surface area contributed by atoms with Crippen LogP contribution in [0.15, 0.2) is 54.6 Å². The van der Waals surface area contributed by atoms with Gasteiger partial charge in [0.05, 0.1) is 0 Å². The predicted octanol–water partition coefficient (Wildman–Crippen LogP) is 5.18. The summed E-state index contributed by atoms with van der Waals surface area (Å²) in [6.07, 6.45) is 8.95. The molecule has 0 saturated carbocycles. The van der Waals surface area contributed by atoms with Crippen LogP contribution in [0.4, 0.5) is 0 Å². The minimum atomic E-state index is 1.16. The van der Waals surface area contributed by atoms with Crippen LogP contribution in [0.3, 0.4) is 0 Å². The number of allylic oxidation sites excluding steroid dienone is 4. The van der Waals surface area contributed by atoms with Crippen LogP contribution in [0, 0.1) is 3.57 Å². The molecule has 0 aliphatic heterocycles. The molecule has 0 spiro atoms. The lowest BCUT2D eigenvalue weighted by Crippen LogP contribution is -1.88. The molecule has 3 rings (SSSR count). The number of rotatable bonds is 1. The molecule has 17 heavy (non-hydrogen) atoms. The molecule has 0 saturated heterocycles. The highest BCUT2D eigenvalue weighted by Crippen LogP contribution is 2.27. The van der Waals surface area contributed by atoms with E-state index in [1.54, 1.807) is 0 Å². The summed E-state index contributed by atoms with van der Waals surface area (Å²) in [5.74, 6) is 0. The Morgan fingerprint density at radius 3 is 2.59 bits per heavy atom. The van der Waals surface area contributed by atoms with Crippen molar-refractivity contribution in [1.29, 1.82) is 0 Å². The van der Waals surface area contributed by atoms with Gasteiger partial charge in [-0.1, -0.05) is 36.4 Å². The summed E-state index contributed by atoms with van der Waals surface area (Å²) in [6, 6.07) is 13.4. The zero-order chi connectivity index (χ0) is 11.7. The summed E-state index contributed by atoms with van der Waals surface area (Å²) in [7, 11) is 0. The van der Waals surface area contributed by atoms with Gasteiger partial charge in [-0.3, -0.25) is 0 Å². The van der Waals surface area contributed by atoms with Crippen LogP contribution in [0.25, 0.3) is 16.3 Å². The van der Waals surface area contributed by atoms with Crippen LogP contribution in [0.5, 0.6) is 0 Å². The normalized spacial score (nSPS) is 15.0. The van der Waals surface area contributed by atoms with Gasteiger partial charge in [-0.15, -0.1) is 0 Å². The van der Waals surface area contributed by atoms with Crippen molar-refractivity contribution in [2.45, 2.75) is 12.8 Å². The van der Waals surface area contributed by atoms with Crippen LogP contribution in [-0.2, 0) is 0 Å². The fraction of sp³-hybridized carbons (Fsp3) is 0.125. The SMILES string of the molecule is Ic1ccc2cc(C3=CC=CCC3)ccc2c1. The number of hydrogen-bond donors (Lipinski definition) is 0. The van der Waals surface area contributed by atoms with E-state index in [0.29, 0.717) is 0 Å². The van der Waals surface area contributed by atoms with Gasteiger partial charge in [0.2, 0.25) is 0 Å². The maximum absolute atomic E-state index is 2.36. The van der Waals surface area contributed by atoms with Crippen molar-refractivity contribution < 1.29 is 0 Å². The van der Waals surface area contributed by atoms with E-state index in [1.165, 1.54) is 25.5 Å². The van der Waals surface area contributed by atoms with E-state index < -0.39 is 0 Å². The maximum Gasteiger partial charge on any atom is 0.0136 e. The fourth-order valence-electron chi connectivity index (χ4n) is 2.26. The van der Waals surface area contributed by atoms with Gasteiger partial charge >= 0.3 is 0 Å². The monoisotopic (exact) mass is 332 g/mol. The summed E-state index contributed by atoms with van der Waals surface area (Å²) in [5, 5.41) is 2.66. The van der Waals surface area contributed by atoms with Gasteiger partial charge in [-0.25, -0.2) is 0 Å². The highest BCUT2D eigenvalue weighted by Gasteiger charge is 2.04. The molecule has 0 fully saturated rings. The van der Waals surface area contributed by atoms with E-state index in [4.69, 9.17) is 0 Å². The van der Waals surface area contributed by atoms with E-state index in [-0.39, 0.29) is 0 Å². The van der Waals surface area contributed by atoms with Gasteiger partial charge in [0.1, 0.15) is 0 Å². The Hall–Kier alpha value is -1.09. The Morgan fingerprint density at radius 1 is 0.941 bits per heavy atom. The van der Waals surface area contributed by atoms with E-state index in [9.17, 15) is 0 Å². The van der Waals surface area contributed by atoms with Gasteiger partial charge in [-0.2, -0.15) is 0 Å². The van der Waals surface area contributed by atoms with Crippen LogP contribution in [0.1, 0.15) is 18.4 Å². The van der Waals surface area contributed by atoms with Crippen molar-refractivity contribution in [1.82, 2.24) is 0 Å². The van der Waals surface area contributed by atoms with Crippen LogP contribution >= 0.6 is 22.6 Å². The Kier molecular flexibility index (Phi) is 3.02. The second-order valence-corrected chi connectivity index (χ2v) is 5.61. The largest absolute Gasteiger partial charge is 0.0842 e. The molecule has 0 nitrogen and oxygen atoms in total. The van der Waals surface area contributed by atoms with Gasteiger partial charge in [0, 0.05) is 3.57 Å². The van der Waals surface area contributed by atoms with Crippen molar-refractivity contribution in [2.24, 2.45) is 0 Å². The molecule has 0 aromatic heterocycles. The van der Waals surface area contributed by atoms with E-state index in [0.717, 1.165) is 12.8 Å². The minimum absolute atomic E-state index is 1.16. The molecule has 0 unspecified atom stereocenters. The molecule has 0 N–H and O–H groups in total. The van der Waals surface area contributed by atoms with Gasteiger partial charge < -0.3 is 0 Å².